The van der Waals surface area contributed by atoms with Crippen molar-refractivity contribution >= 4 is 17.4 Å². The minimum absolute atomic E-state index is 0.0525. The zero-order valence-electron chi connectivity index (χ0n) is 17.2. The van der Waals surface area contributed by atoms with E-state index in [1.54, 1.807) is 14.2 Å². The fourth-order valence-electron chi connectivity index (χ4n) is 4.94. The van der Waals surface area contributed by atoms with E-state index in [0.717, 1.165) is 48.5 Å². The number of methoxy groups -OCH3 is 2. The van der Waals surface area contributed by atoms with Crippen LogP contribution in [0.4, 0.5) is 5.69 Å². The number of rotatable bonds is 4. The van der Waals surface area contributed by atoms with Crippen LogP contribution in [0.15, 0.2) is 53.6 Å². The number of carbonyl (C=O) groups is 1. The van der Waals surface area contributed by atoms with Crippen LogP contribution < -0.4 is 19.8 Å². The van der Waals surface area contributed by atoms with Crippen LogP contribution in [0.5, 0.6) is 11.5 Å². The van der Waals surface area contributed by atoms with Crippen LogP contribution in [-0.2, 0) is 4.79 Å². The van der Waals surface area contributed by atoms with Gasteiger partial charge in [-0.15, -0.1) is 0 Å². The lowest BCUT2D eigenvalue weighted by atomic mass is 9.80. The highest BCUT2D eigenvalue weighted by atomic mass is 16.5. The number of para-hydroxylation sites is 2. The number of nitrogens with one attached hydrogen (secondary N) is 1. The Hall–Kier alpha value is -3.22. The Morgan fingerprint density at radius 3 is 2.53 bits per heavy atom. The van der Waals surface area contributed by atoms with Crippen LogP contribution in [-0.4, -0.2) is 43.2 Å². The predicted octanol–water partition coefficient (Wildman–Crippen LogP) is 3.16. The molecule has 1 saturated carbocycles. The van der Waals surface area contributed by atoms with Gasteiger partial charge in [-0.2, -0.15) is 5.10 Å². The van der Waals surface area contributed by atoms with Crippen molar-refractivity contribution in [3.05, 3.63) is 54.1 Å². The van der Waals surface area contributed by atoms with Crippen molar-refractivity contribution in [2.24, 2.45) is 11.0 Å². The molecule has 1 aliphatic carbocycles. The Bertz CT molecular complexity index is 975. The number of benzene rings is 2. The first-order valence-corrected chi connectivity index (χ1v) is 10.4. The smallest absolute Gasteiger partial charge is 0.235 e. The molecule has 0 spiro atoms. The van der Waals surface area contributed by atoms with Crippen LogP contribution in [0.3, 0.4) is 0 Å². The molecule has 0 bridgehead atoms. The number of hydrogen-bond donors (Lipinski definition) is 1. The highest BCUT2D eigenvalue weighted by Gasteiger charge is 2.52. The lowest BCUT2D eigenvalue weighted by Crippen LogP contribution is -2.67. The van der Waals surface area contributed by atoms with Gasteiger partial charge in [0.2, 0.25) is 12.2 Å². The van der Waals surface area contributed by atoms with Gasteiger partial charge in [-0.25, -0.2) is 0 Å². The molecule has 1 N–H and O–H groups in total. The standard InChI is InChI=1S/C23H26N4O3/c1-29-16-13-11-15(12-14-16)21-24-25-23-26(21)18-8-4-3-7-17(18)22(28)27(23)19-9-5-6-10-20(19)30-2/h5-6,9-14,17-18,23,25H,3-4,7-8H2,1-2H3. The number of ether oxygens (including phenoxy) is 2. The van der Waals surface area contributed by atoms with Gasteiger partial charge in [0.05, 0.1) is 25.8 Å². The molecule has 2 fully saturated rings. The van der Waals surface area contributed by atoms with Crippen molar-refractivity contribution in [2.45, 2.75) is 38.0 Å². The van der Waals surface area contributed by atoms with E-state index in [1.165, 1.54) is 0 Å². The monoisotopic (exact) mass is 406 g/mol. The van der Waals surface area contributed by atoms with Gasteiger partial charge >= 0.3 is 0 Å². The summed E-state index contributed by atoms with van der Waals surface area (Å²) >= 11 is 0. The molecule has 2 aromatic rings. The van der Waals surface area contributed by atoms with Crippen molar-refractivity contribution in [1.82, 2.24) is 10.3 Å². The topological polar surface area (TPSA) is 66.4 Å². The lowest BCUT2D eigenvalue weighted by Gasteiger charge is -2.50. The molecule has 7 heteroatoms. The maximum absolute atomic E-state index is 13.6. The third-order valence-electron chi connectivity index (χ3n) is 6.37. The van der Waals surface area contributed by atoms with E-state index < -0.39 is 0 Å². The number of nitrogens with zero attached hydrogens (tertiary/aromatic N) is 3. The summed E-state index contributed by atoms with van der Waals surface area (Å²) in [5.41, 5.74) is 5.00. The Morgan fingerprint density at radius 1 is 1.00 bits per heavy atom. The van der Waals surface area contributed by atoms with Crippen LogP contribution in [0.1, 0.15) is 31.2 Å². The molecular formula is C23H26N4O3. The maximum atomic E-state index is 13.6. The minimum atomic E-state index is -0.370. The van der Waals surface area contributed by atoms with Crippen LogP contribution >= 0.6 is 0 Å². The number of hydrazone groups is 1. The Labute approximate surface area is 176 Å². The third-order valence-corrected chi connectivity index (χ3v) is 6.37. The number of amidine groups is 1. The molecule has 5 rings (SSSR count). The first kappa shape index (κ1) is 18.8. The van der Waals surface area contributed by atoms with Crippen LogP contribution in [0, 0.1) is 5.92 Å². The zero-order chi connectivity index (χ0) is 20.7. The van der Waals surface area contributed by atoms with E-state index in [-0.39, 0.29) is 24.2 Å². The summed E-state index contributed by atoms with van der Waals surface area (Å²) in [6.45, 7) is 0. The molecule has 3 aliphatic rings. The number of hydrogen-bond acceptors (Lipinski definition) is 6. The van der Waals surface area contributed by atoms with Gasteiger partial charge in [-0.3, -0.25) is 15.1 Å². The lowest BCUT2D eigenvalue weighted by molar-refractivity contribution is -0.130. The van der Waals surface area contributed by atoms with E-state index in [4.69, 9.17) is 9.47 Å². The quantitative estimate of drug-likeness (QED) is 0.845. The average molecular weight is 406 g/mol. The van der Waals surface area contributed by atoms with Crippen molar-refractivity contribution < 1.29 is 14.3 Å². The molecule has 7 nitrogen and oxygen atoms in total. The molecular weight excluding hydrogens is 380 g/mol. The molecule has 156 valence electrons. The van der Waals surface area contributed by atoms with E-state index in [2.05, 4.69) is 15.4 Å². The molecule has 1 amide bonds. The molecule has 2 heterocycles. The second-order valence-corrected chi connectivity index (χ2v) is 7.91. The van der Waals surface area contributed by atoms with Gasteiger partial charge in [0.1, 0.15) is 11.5 Å². The van der Waals surface area contributed by atoms with Crippen LogP contribution in [0.25, 0.3) is 0 Å². The summed E-state index contributed by atoms with van der Waals surface area (Å²) in [5, 5.41) is 4.68. The first-order valence-electron chi connectivity index (χ1n) is 10.4. The van der Waals surface area contributed by atoms with Crippen LogP contribution in [0.2, 0.25) is 0 Å². The number of carbonyl (C=O) groups excluding carboxylic acids is 1. The molecule has 2 aromatic carbocycles. The molecule has 0 aromatic heterocycles. The normalized spacial score (nSPS) is 25.2. The fraction of sp³-hybridized carbons (Fsp3) is 0.391. The molecule has 3 atom stereocenters. The average Bonchev–Trinajstić information content (AvgIpc) is 3.24. The van der Waals surface area contributed by atoms with E-state index in [0.29, 0.717) is 5.75 Å². The van der Waals surface area contributed by atoms with Gasteiger partial charge in [-0.05, 0) is 49.2 Å². The highest BCUT2D eigenvalue weighted by Crippen LogP contribution is 2.42. The predicted molar refractivity (Wildman–Crippen MR) is 115 cm³/mol. The number of fused-ring (bicyclic) bond motifs is 3. The molecule has 30 heavy (non-hydrogen) atoms. The second-order valence-electron chi connectivity index (χ2n) is 7.91. The van der Waals surface area contributed by atoms with Gasteiger partial charge in [0.25, 0.3) is 0 Å². The molecule has 2 aliphatic heterocycles. The molecule has 0 radical (unpaired) electrons. The zero-order valence-corrected chi connectivity index (χ0v) is 17.2. The summed E-state index contributed by atoms with van der Waals surface area (Å²) in [7, 11) is 3.30. The van der Waals surface area contributed by atoms with Crippen molar-refractivity contribution in [3.63, 3.8) is 0 Å². The van der Waals surface area contributed by atoms with E-state index in [1.807, 2.05) is 53.4 Å². The van der Waals surface area contributed by atoms with Crippen molar-refractivity contribution in [2.75, 3.05) is 19.1 Å². The Balaban J connectivity index is 1.57. The number of anilines is 1. The van der Waals surface area contributed by atoms with Gasteiger partial charge in [0, 0.05) is 11.6 Å². The number of amides is 1. The summed E-state index contributed by atoms with van der Waals surface area (Å²) < 4.78 is 10.9. The van der Waals surface area contributed by atoms with Crippen molar-refractivity contribution in [1.29, 1.82) is 0 Å². The summed E-state index contributed by atoms with van der Waals surface area (Å²) in [5.74, 6) is 2.45. The first-order chi connectivity index (χ1) is 14.7. The van der Waals surface area contributed by atoms with Gasteiger partial charge in [-0.1, -0.05) is 25.0 Å². The SMILES string of the molecule is COc1ccc(C2=NNC3N(c4ccccc4OC)C(=O)C4CCCCC4N23)cc1. The van der Waals surface area contributed by atoms with Crippen molar-refractivity contribution in [3.8, 4) is 11.5 Å². The summed E-state index contributed by atoms with van der Waals surface area (Å²) in [4.78, 5) is 17.7. The fourth-order valence-corrected chi connectivity index (χ4v) is 4.94. The highest BCUT2D eigenvalue weighted by molar-refractivity contribution is 6.05. The third kappa shape index (κ3) is 2.88. The summed E-state index contributed by atoms with van der Waals surface area (Å²) in [6.07, 6.45) is 3.72. The Kier molecular flexibility index (Phi) is 4.73. The molecule has 3 unspecified atom stereocenters. The van der Waals surface area contributed by atoms with E-state index >= 15 is 0 Å². The summed E-state index contributed by atoms with van der Waals surface area (Å²) in [6, 6.07) is 15.7. The Morgan fingerprint density at radius 2 is 1.77 bits per heavy atom. The van der Waals surface area contributed by atoms with Gasteiger partial charge < -0.3 is 14.4 Å². The largest absolute Gasteiger partial charge is 0.497 e. The molecule has 1 saturated heterocycles. The minimum Gasteiger partial charge on any atom is -0.497 e. The van der Waals surface area contributed by atoms with Gasteiger partial charge in [0.15, 0.2) is 5.84 Å². The second kappa shape index (κ2) is 7.55. The maximum Gasteiger partial charge on any atom is 0.235 e. The van der Waals surface area contributed by atoms with E-state index in [9.17, 15) is 4.79 Å².